The van der Waals surface area contributed by atoms with Crippen molar-refractivity contribution in [2.75, 3.05) is 25.5 Å². The number of hydrogen-bond donors (Lipinski definition) is 2. The molecular formula is C21H33N3O2. The smallest absolute Gasteiger partial charge is 0.238 e. The molecule has 0 radical (unpaired) electrons. The third-order valence-electron chi connectivity index (χ3n) is 5.63. The first-order chi connectivity index (χ1) is 12.3. The Balaban J connectivity index is 1.81. The largest absolute Gasteiger partial charge is 0.352 e. The summed E-state index contributed by atoms with van der Waals surface area (Å²) in [6.45, 7) is 8.86. The molecule has 1 aliphatic rings. The molecule has 2 rings (SSSR count). The van der Waals surface area contributed by atoms with Crippen LogP contribution in [0, 0.1) is 25.7 Å². The summed E-state index contributed by atoms with van der Waals surface area (Å²) >= 11 is 0. The van der Waals surface area contributed by atoms with Crippen molar-refractivity contribution in [1.82, 2.24) is 10.2 Å². The molecule has 144 valence electrons. The molecule has 0 aromatic heterocycles. The second kappa shape index (κ2) is 9.17. The van der Waals surface area contributed by atoms with Crippen molar-refractivity contribution >= 4 is 17.5 Å². The number of anilines is 1. The standard InChI is InChI=1S/C21H33N3O2/c1-14-8-7-11-18(17(14)4)22-19(25)12-24(5)13-20(26)23-21-15(2)9-6-10-16(21)3/h6,9-10,14,17-18H,7-8,11-13H2,1-5H3,(H,22,25)(H,23,26). The van der Waals surface area contributed by atoms with Gasteiger partial charge in [-0.25, -0.2) is 0 Å². The predicted octanol–water partition coefficient (Wildman–Crippen LogP) is 3.11. The van der Waals surface area contributed by atoms with Gasteiger partial charge in [0.2, 0.25) is 11.8 Å². The molecule has 2 amide bonds. The van der Waals surface area contributed by atoms with Crippen LogP contribution >= 0.6 is 0 Å². The summed E-state index contributed by atoms with van der Waals surface area (Å²) in [6.07, 6.45) is 3.46. The molecule has 1 aliphatic carbocycles. The number of para-hydroxylation sites is 1. The molecule has 1 aromatic rings. The highest BCUT2D eigenvalue weighted by atomic mass is 16.2. The van der Waals surface area contributed by atoms with Gasteiger partial charge in [0.05, 0.1) is 13.1 Å². The zero-order chi connectivity index (χ0) is 19.3. The minimum Gasteiger partial charge on any atom is -0.352 e. The van der Waals surface area contributed by atoms with E-state index in [-0.39, 0.29) is 30.9 Å². The van der Waals surface area contributed by atoms with Crippen molar-refractivity contribution in [3.63, 3.8) is 0 Å². The second-order valence-corrected chi connectivity index (χ2v) is 7.93. The van der Waals surface area contributed by atoms with Crippen molar-refractivity contribution in [2.24, 2.45) is 11.8 Å². The number of aryl methyl sites for hydroxylation is 2. The molecule has 3 unspecified atom stereocenters. The third-order valence-corrected chi connectivity index (χ3v) is 5.63. The molecule has 0 heterocycles. The van der Waals surface area contributed by atoms with Gasteiger partial charge in [-0.2, -0.15) is 0 Å². The number of nitrogens with one attached hydrogen (secondary N) is 2. The maximum atomic E-state index is 12.3. The van der Waals surface area contributed by atoms with E-state index in [0.29, 0.717) is 11.8 Å². The summed E-state index contributed by atoms with van der Waals surface area (Å²) in [7, 11) is 1.80. The molecule has 0 spiro atoms. The Bertz CT molecular complexity index is 624. The van der Waals surface area contributed by atoms with Crippen molar-refractivity contribution in [3.8, 4) is 0 Å². The minimum absolute atomic E-state index is 0.00155. The lowest BCUT2D eigenvalue weighted by Gasteiger charge is -2.34. The molecule has 1 fully saturated rings. The summed E-state index contributed by atoms with van der Waals surface area (Å²) in [4.78, 5) is 26.4. The molecule has 0 aliphatic heterocycles. The number of nitrogens with zero attached hydrogens (tertiary/aromatic N) is 1. The molecule has 0 saturated heterocycles. The summed E-state index contributed by atoms with van der Waals surface area (Å²) in [6, 6.07) is 6.19. The molecule has 2 N–H and O–H groups in total. The van der Waals surface area contributed by atoms with Crippen LogP contribution in [0.25, 0.3) is 0 Å². The molecule has 26 heavy (non-hydrogen) atoms. The van der Waals surface area contributed by atoms with Crippen molar-refractivity contribution in [1.29, 1.82) is 0 Å². The maximum Gasteiger partial charge on any atom is 0.238 e. The normalized spacial score (nSPS) is 22.9. The monoisotopic (exact) mass is 359 g/mol. The second-order valence-electron chi connectivity index (χ2n) is 7.93. The Morgan fingerprint density at radius 3 is 2.35 bits per heavy atom. The zero-order valence-electron chi connectivity index (χ0n) is 16.8. The lowest BCUT2D eigenvalue weighted by molar-refractivity contribution is -0.124. The van der Waals surface area contributed by atoms with Crippen LogP contribution in [-0.4, -0.2) is 42.9 Å². The topological polar surface area (TPSA) is 61.4 Å². The van der Waals surface area contributed by atoms with E-state index < -0.39 is 0 Å². The zero-order valence-corrected chi connectivity index (χ0v) is 16.8. The quantitative estimate of drug-likeness (QED) is 0.820. The highest BCUT2D eigenvalue weighted by molar-refractivity contribution is 5.94. The van der Waals surface area contributed by atoms with Gasteiger partial charge < -0.3 is 10.6 Å². The molecule has 5 heteroatoms. The fraction of sp³-hybridized carbons (Fsp3) is 0.619. The van der Waals surface area contributed by atoms with E-state index in [1.54, 1.807) is 11.9 Å². The Kier molecular flexibility index (Phi) is 7.21. The van der Waals surface area contributed by atoms with E-state index >= 15 is 0 Å². The lowest BCUT2D eigenvalue weighted by Crippen LogP contribution is -2.47. The first kappa shape index (κ1) is 20.4. The van der Waals surface area contributed by atoms with Crippen LogP contribution < -0.4 is 10.6 Å². The number of likely N-dealkylation sites (N-methyl/N-ethyl adjacent to an activating group) is 1. The van der Waals surface area contributed by atoms with Gasteiger partial charge in [0.15, 0.2) is 0 Å². The van der Waals surface area contributed by atoms with Gasteiger partial charge in [-0.3, -0.25) is 14.5 Å². The molecule has 1 saturated carbocycles. The Morgan fingerprint density at radius 2 is 1.69 bits per heavy atom. The summed E-state index contributed by atoms with van der Waals surface area (Å²) in [5.74, 6) is 1.05. The average Bonchev–Trinajstić information content (AvgIpc) is 2.55. The van der Waals surface area contributed by atoms with E-state index in [1.807, 2.05) is 32.0 Å². The first-order valence-electron chi connectivity index (χ1n) is 9.62. The van der Waals surface area contributed by atoms with Crippen LogP contribution in [0.2, 0.25) is 0 Å². The molecule has 5 nitrogen and oxygen atoms in total. The summed E-state index contributed by atoms with van der Waals surface area (Å²) < 4.78 is 0. The van der Waals surface area contributed by atoms with E-state index in [0.717, 1.165) is 23.2 Å². The molecule has 3 atom stereocenters. The molecule has 1 aromatic carbocycles. The van der Waals surface area contributed by atoms with Gasteiger partial charge >= 0.3 is 0 Å². The van der Waals surface area contributed by atoms with E-state index in [2.05, 4.69) is 24.5 Å². The van der Waals surface area contributed by atoms with Crippen molar-refractivity contribution in [3.05, 3.63) is 29.3 Å². The summed E-state index contributed by atoms with van der Waals surface area (Å²) in [5.41, 5.74) is 2.94. The lowest BCUT2D eigenvalue weighted by atomic mass is 9.78. The van der Waals surface area contributed by atoms with Crippen LogP contribution in [0.1, 0.15) is 44.2 Å². The Morgan fingerprint density at radius 1 is 1.08 bits per heavy atom. The molecular weight excluding hydrogens is 326 g/mol. The van der Waals surface area contributed by atoms with Crippen molar-refractivity contribution < 1.29 is 9.59 Å². The van der Waals surface area contributed by atoms with Crippen LogP contribution in [0.15, 0.2) is 18.2 Å². The highest BCUT2D eigenvalue weighted by Gasteiger charge is 2.28. The Labute approximate surface area is 157 Å². The van der Waals surface area contributed by atoms with Gasteiger partial charge in [0, 0.05) is 11.7 Å². The van der Waals surface area contributed by atoms with E-state index in [4.69, 9.17) is 0 Å². The number of benzene rings is 1. The van der Waals surface area contributed by atoms with E-state index in [9.17, 15) is 9.59 Å². The number of carbonyl (C=O) groups excluding carboxylic acids is 2. The number of rotatable bonds is 6. The number of amides is 2. The fourth-order valence-electron chi connectivity index (χ4n) is 3.77. The van der Waals surface area contributed by atoms with Crippen LogP contribution in [0.5, 0.6) is 0 Å². The van der Waals surface area contributed by atoms with Gasteiger partial charge in [-0.1, -0.05) is 44.9 Å². The van der Waals surface area contributed by atoms with E-state index in [1.165, 1.54) is 12.8 Å². The molecule has 0 bridgehead atoms. The Hall–Kier alpha value is -1.88. The van der Waals surface area contributed by atoms with Gasteiger partial charge in [-0.15, -0.1) is 0 Å². The highest BCUT2D eigenvalue weighted by Crippen LogP contribution is 2.29. The van der Waals surface area contributed by atoms with Gasteiger partial charge in [-0.05, 0) is 50.3 Å². The summed E-state index contributed by atoms with van der Waals surface area (Å²) in [5, 5.41) is 6.12. The van der Waals surface area contributed by atoms with Gasteiger partial charge in [0.25, 0.3) is 0 Å². The average molecular weight is 360 g/mol. The minimum atomic E-state index is -0.0997. The third kappa shape index (κ3) is 5.56. The van der Waals surface area contributed by atoms with Gasteiger partial charge in [0.1, 0.15) is 0 Å². The number of hydrogen-bond acceptors (Lipinski definition) is 3. The predicted molar refractivity (Wildman–Crippen MR) is 106 cm³/mol. The first-order valence-corrected chi connectivity index (χ1v) is 9.62. The van der Waals surface area contributed by atoms with Crippen LogP contribution in [0.4, 0.5) is 5.69 Å². The fourth-order valence-corrected chi connectivity index (χ4v) is 3.77. The van der Waals surface area contributed by atoms with Crippen molar-refractivity contribution in [2.45, 2.75) is 53.0 Å². The maximum absolute atomic E-state index is 12.3. The van der Waals surface area contributed by atoms with Crippen LogP contribution in [-0.2, 0) is 9.59 Å². The SMILES string of the molecule is Cc1cccc(C)c1NC(=O)CN(C)CC(=O)NC1CCCC(C)C1C. The van der Waals surface area contributed by atoms with Crippen LogP contribution in [0.3, 0.4) is 0 Å². The number of carbonyl (C=O) groups is 2.